The van der Waals surface area contributed by atoms with E-state index in [0.717, 1.165) is 26.3 Å². The minimum Gasteiger partial charge on any atom is -0.473 e. The molecule has 2 rings (SSSR count). The van der Waals surface area contributed by atoms with Gasteiger partial charge in [-0.15, -0.1) is 0 Å². The third-order valence-corrected chi connectivity index (χ3v) is 2.56. The first kappa shape index (κ1) is 12.9. The highest BCUT2D eigenvalue weighted by Gasteiger charge is 2.48. The summed E-state index contributed by atoms with van der Waals surface area (Å²) in [5.74, 6) is -3.65. The first-order valence-corrected chi connectivity index (χ1v) is 4.95. The third kappa shape index (κ3) is 3.16. The van der Waals surface area contributed by atoms with Gasteiger partial charge in [0.2, 0.25) is 0 Å². The number of carboxylic acids is 2. The molecule has 92 valence electrons. The number of carbonyl (C=O) groups is 2. The van der Waals surface area contributed by atoms with Crippen molar-refractivity contribution >= 4 is 11.9 Å². The Labute approximate surface area is 92.8 Å². The molecular weight excluding hydrogens is 216 g/mol. The van der Waals surface area contributed by atoms with E-state index in [1.54, 1.807) is 0 Å². The van der Waals surface area contributed by atoms with Gasteiger partial charge in [0.15, 0.2) is 0 Å². The van der Waals surface area contributed by atoms with Crippen LogP contribution in [0.3, 0.4) is 0 Å². The van der Waals surface area contributed by atoms with Crippen LogP contribution in [0.2, 0.25) is 0 Å². The molecule has 0 aromatic carbocycles. The summed E-state index contributed by atoms with van der Waals surface area (Å²) >= 11 is 0. The third-order valence-electron chi connectivity index (χ3n) is 2.56. The molecule has 0 unspecified atom stereocenters. The van der Waals surface area contributed by atoms with Gasteiger partial charge in [0.1, 0.15) is 0 Å². The maximum Gasteiger partial charge on any atom is 0.414 e. The van der Waals surface area contributed by atoms with Crippen molar-refractivity contribution in [2.24, 2.45) is 11.1 Å². The fraction of sp³-hybridized carbons (Fsp3) is 0.778. The molecular formula is C9H16N2O5. The van der Waals surface area contributed by atoms with Gasteiger partial charge in [0, 0.05) is 31.6 Å². The molecule has 0 aliphatic carbocycles. The van der Waals surface area contributed by atoms with E-state index in [1.165, 1.54) is 13.1 Å². The molecule has 2 aliphatic rings. The number of carboxylic acid groups (broad SMARTS) is 2. The quantitative estimate of drug-likeness (QED) is 0.493. The highest BCUT2D eigenvalue weighted by Crippen LogP contribution is 2.36. The summed E-state index contributed by atoms with van der Waals surface area (Å²) in [5.41, 5.74) is 5.98. The van der Waals surface area contributed by atoms with Crippen LogP contribution >= 0.6 is 0 Å². The van der Waals surface area contributed by atoms with Gasteiger partial charge in [-0.05, 0) is 0 Å². The van der Waals surface area contributed by atoms with Crippen molar-refractivity contribution in [2.45, 2.75) is 0 Å². The van der Waals surface area contributed by atoms with Gasteiger partial charge in [0.05, 0.1) is 13.2 Å². The molecule has 7 nitrogen and oxygen atoms in total. The molecule has 0 aromatic rings. The summed E-state index contributed by atoms with van der Waals surface area (Å²) in [5, 5.41) is 14.8. The molecule has 2 fully saturated rings. The Balaban J connectivity index is 0.000000187. The van der Waals surface area contributed by atoms with Crippen LogP contribution in [0.1, 0.15) is 0 Å². The molecule has 0 aromatic heterocycles. The average Bonchev–Trinajstić information content (AvgIpc) is 2.08. The number of hydrogen-bond donors (Lipinski definition) is 3. The molecule has 4 N–H and O–H groups in total. The fourth-order valence-electron chi connectivity index (χ4n) is 1.82. The Morgan fingerprint density at radius 3 is 2.00 bits per heavy atom. The first-order valence-electron chi connectivity index (χ1n) is 4.95. The predicted octanol–water partition coefficient (Wildman–Crippen LogP) is -1.57. The molecule has 0 bridgehead atoms. The van der Waals surface area contributed by atoms with E-state index in [9.17, 15) is 0 Å². The van der Waals surface area contributed by atoms with Gasteiger partial charge in [-0.1, -0.05) is 0 Å². The van der Waals surface area contributed by atoms with Gasteiger partial charge in [0.25, 0.3) is 0 Å². The lowest BCUT2D eigenvalue weighted by Gasteiger charge is -2.55. The summed E-state index contributed by atoms with van der Waals surface area (Å²) in [7, 11) is 0. The maximum atomic E-state index is 9.10. The molecule has 0 atom stereocenters. The van der Waals surface area contributed by atoms with Crippen LogP contribution < -0.4 is 5.73 Å². The number of aliphatic carboxylic acids is 2. The van der Waals surface area contributed by atoms with Gasteiger partial charge < -0.3 is 25.6 Å². The standard InChI is InChI=1S/C7H14N2O.C2H2O4/c8-1-2-9-3-7(4-9)5-10-6-7;3-1(4)2(5)6/h1-6,8H2;(H,3,4)(H,5,6). The second-order valence-electron chi connectivity index (χ2n) is 4.10. The lowest BCUT2D eigenvalue weighted by molar-refractivity contribution is -0.187. The average molecular weight is 232 g/mol. The van der Waals surface area contributed by atoms with Crippen molar-refractivity contribution in [1.29, 1.82) is 0 Å². The lowest BCUT2D eigenvalue weighted by atomic mass is 9.78. The van der Waals surface area contributed by atoms with E-state index < -0.39 is 11.9 Å². The van der Waals surface area contributed by atoms with Crippen molar-refractivity contribution in [3.63, 3.8) is 0 Å². The van der Waals surface area contributed by atoms with E-state index >= 15 is 0 Å². The SMILES string of the molecule is NCCN1CC2(COC2)C1.O=C(O)C(=O)O. The molecule has 2 heterocycles. The van der Waals surface area contributed by atoms with Crippen LogP contribution in [-0.2, 0) is 14.3 Å². The van der Waals surface area contributed by atoms with Crippen molar-refractivity contribution < 1.29 is 24.5 Å². The van der Waals surface area contributed by atoms with Crippen molar-refractivity contribution in [3.8, 4) is 0 Å². The van der Waals surface area contributed by atoms with Crippen LogP contribution in [0.5, 0.6) is 0 Å². The fourth-order valence-corrected chi connectivity index (χ4v) is 1.82. The van der Waals surface area contributed by atoms with Crippen LogP contribution in [0, 0.1) is 5.41 Å². The number of hydrogen-bond acceptors (Lipinski definition) is 5. The van der Waals surface area contributed by atoms with Crippen molar-refractivity contribution in [2.75, 3.05) is 39.4 Å². The zero-order valence-electron chi connectivity index (χ0n) is 8.89. The number of rotatable bonds is 2. The Hall–Kier alpha value is -1.18. The Morgan fingerprint density at radius 1 is 1.25 bits per heavy atom. The Morgan fingerprint density at radius 2 is 1.75 bits per heavy atom. The normalized spacial score (nSPS) is 21.3. The van der Waals surface area contributed by atoms with Crippen LogP contribution in [0.25, 0.3) is 0 Å². The van der Waals surface area contributed by atoms with E-state index in [2.05, 4.69) is 4.90 Å². The van der Waals surface area contributed by atoms with Crippen LogP contribution in [0.4, 0.5) is 0 Å². The second-order valence-corrected chi connectivity index (χ2v) is 4.10. The largest absolute Gasteiger partial charge is 0.473 e. The monoisotopic (exact) mass is 232 g/mol. The molecule has 2 aliphatic heterocycles. The number of nitrogens with two attached hydrogens (primary N) is 1. The van der Waals surface area contributed by atoms with Crippen molar-refractivity contribution in [3.05, 3.63) is 0 Å². The first-order chi connectivity index (χ1) is 7.49. The van der Waals surface area contributed by atoms with Gasteiger partial charge in [-0.3, -0.25) is 0 Å². The van der Waals surface area contributed by atoms with E-state index in [4.69, 9.17) is 30.3 Å². The number of likely N-dealkylation sites (tertiary alicyclic amines) is 1. The van der Waals surface area contributed by atoms with Gasteiger partial charge in [-0.25, -0.2) is 9.59 Å². The van der Waals surface area contributed by atoms with Crippen LogP contribution in [0.15, 0.2) is 0 Å². The molecule has 0 saturated carbocycles. The minimum absolute atomic E-state index is 0.565. The summed E-state index contributed by atoms with van der Waals surface area (Å²) in [6.45, 7) is 6.23. The van der Waals surface area contributed by atoms with Gasteiger partial charge >= 0.3 is 11.9 Å². The topological polar surface area (TPSA) is 113 Å². The highest BCUT2D eigenvalue weighted by molar-refractivity contribution is 6.27. The van der Waals surface area contributed by atoms with Gasteiger partial charge in [-0.2, -0.15) is 0 Å². The van der Waals surface area contributed by atoms with Crippen LogP contribution in [-0.4, -0.2) is 66.4 Å². The van der Waals surface area contributed by atoms with E-state index in [-0.39, 0.29) is 0 Å². The minimum atomic E-state index is -1.82. The molecule has 16 heavy (non-hydrogen) atoms. The number of ether oxygens (including phenoxy) is 1. The smallest absolute Gasteiger partial charge is 0.414 e. The van der Waals surface area contributed by atoms with E-state index in [0.29, 0.717) is 5.41 Å². The zero-order valence-corrected chi connectivity index (χ0v) is 8.89. The Bertz CT molecular complexity index is 257. The van der Waals surface area contributed by atoms with E-state index in [1.807, 2.05) is 0 Å². The summed E-state index contributed by atoms with van der Waals surface area (Å²) in [4.78, 5) is 20.6. The molecule has 2 saturated heterocycles. The summed E-state index contributed by atoms with van der Waals surface area (Å²) in [6, 6.07) is 0. The summed E-state index contributed by atoms with van der Waals surface area (Å²) < 4.78 is 5.15. The highest BCUT2D eigenvalue weighted by atomic mass is 16.5. The van der Waals surface area contributed by atoms with Crippen molar-refractivity contribution in [1.82, 2.24) is 4.90 Å². The molecule has 0 radical (unpaired) electrons. The zero-order chi connectivity index (χ0) is 12.2. The summed E-state index contributed by atoms with van der Waals surface area (Å²) in [6.07, 6.45) is 0. The Kier molecular flexibility index (Phi) is 4.22. The maximum absolute atomic E-state index is 9.10. The molecule has 7 heteroatoms. The lowest BCUT2D eigenvalue weighted by Crippen LogP contribution is -2.66. The predicted molar refractivity (Wildman–Crippen MR) is 54.0 cm³/mol. The molecule has 0 amide bonds. The number of nitrogens with zero attached hydrogens (tertiary/aromatic N) is 1. The second kappa shape index (κ2) is 5.24. The molecule has 1 spiro atoms.